The number of carbonyl (C=O) groups excluding carboxylic acids is 1. The van der Waals surface area contributed by atoms with Gasteiger partial charge >= 0.3 is 5.97 Å². The molecular formula is C16H24N2O4. The number of furan rings is 1. The Hall–Kier alpha value is -1.82. The van der Waals surface area contributed by atoms with Crippen LogP contribution in [0.25, 0.3) is 0 Å². The van der Waals surface area contributed by atoms with Crippen molar-refractivity contribution >= 4 is 11.9 Å². The monoisotopic (exact) mass is 308 g/mol. The van der Waals surface area contributed by atoms with Gasteiger partial charge < -0.3 is 14.4 Å². The quantitative estimate of drug-likeness (QED) is 0.870. The molecule has 2 heterocycles. The highest BCUT2D eigenvalue weighted by Gasteiger charge is 2.28. The largest absolute Gasteiger partial charge is 0.475 e. The van der Waals surface area contributed by atoms with Gasteiger partial charge in [0.1, 0.15) is 5.76 Å². The van der Waals surface area contributed by atoms with Crippen molar-refractivity contribution in [3.63, 3.8) is 0 Å². The highest BCUT2D eigenvalue weighted by molar-refractivity contribution is 5.84. The van der Waals surface area contributed by atoms with Gasteiger partial charge in [0, 0.05) is 19.6 Å². The lowest BCUT2D eigenvalue weighted by molar-refractivity contribution is -0.137. The SMILES string of the molecule is CCN(CC)C(=O)C1CCCN(Cc2ccc(C(=O)O)o2)C1. The van der Waals surface area contributed by atoms with Crippen molar-refractivity contribution in [2.45, 2.75) is 33.2 Å². The number of nitrogens with zero attached hydrogens (tertiary/aromatic N) is 2. The molecule has 0 aliphatic carbocycles. The minimum Gasteiger partial charge on any atom is -0.475 e. The van der Waals surface area contributed by atoms with E-state index in [0.717, 1.165) is 32.5 Å². The van der Waals surface area contributed by atoms with E-state index in [9.17, 15) is 9.59 Å². The van der Waals surface area contributed by atoms with Crippen molar-refractivity contribution in [1.82, 2.24) is 9.80 Å². The van der Waals surface area contributed by atoms with Gasteiger partial charge in [-0.05, 0) is 45.4 Å². The molecule has 0 saturated carbocycles. The molecule has 1 unspecified atom stereocenters. The van der Waals surface area contributed by atoms with E-state index < -0.39 is 5.97 Å². The van der Waals surface area contributed by atoms with E-state index in [1.165, 1.54) is 6.07 Å². The normalized spacial score (nSPS) is 19.1. The Morgan fingerprint density at radius 3 is 2.68 bits per heavy atom. The highest BCUT2D eigenvalue weighted by Crippen LogP contribution is 2.21. The molecule has 22 heavy (non-hydrogen) atoms. The Balaban J connectivity index is 1.95. The summed E-state index contributed by atoms with van der Waals surface area (Å²) in [7, 11) is 0. The third-order valence-corrected chi connectivity index (χ3v) is 4.18. The number of hydrogen-bond acceptors (Lipinski definition) is 4. The standard InChI is InChI=1S/C16H24N2O4/c1-3-18(4-2)15(19)12-6-5-9-17(10-12)11-13-7-8-14(22-13)16(20)21/h7-8,12H,3-6,9-11H2,1-2H3,(H,20,21). The van der Waals surface area contributed by atoms with Crippen LogP contribution < -0.4 is 0 Å². The van der Waals surface area contributed by atoms with Crippen molar-refractivity contribution in [2.24, 2.45) is 5.92 Å². The molecule has 0 radical (unpaired) electrons. The van der Waals surface area contributed by atoms with E-state index in [2.05, 4.69) is 4.90 Å². The predicted octanol–water partition coefficient (Wildman–Crippen LogP) is 2.06. The average Bonchev–Trinajstić information content (AvgIpc) is 2.97. The summed E-state index contributed by atoms with van der Waals surface area (Å²) in [6.45, 7) is 7.65. The first-order valence-corrected chi connectivity index (χ1v) is 7.88. The lowest BCUT2D eigenvalue weighted by atomic mass is 9.96. The molecule has 6 heteroatoms. The number of carboxylic acid groups (broad SMARTS) is 1. The van der Waals surface area contributed by atoms with Crippen molar-refractivity contribution in [2.75, 3.05) is 26.2 Å². The van der Waals surface area contributed by atoms with E-state index >= 15 is 0 Å². The molecular weight excluding hydrogens is 284 g/mol. The van der Waals surface area contributed by atoms with E-state index in [0.29, 0.717) is 18.8 Å². The average molecular weight is 308 g/mol. The molecule has 1 atom stereocenters. The summed E-state index contributed by atoms with van der Waals surface area (Å²) in [6, 6.07) is 3.17. The van der Waals surface area contributed by atoms with Crippen molar-refractivity contribution < 1.29 is 19.1 Å². The van der Waals surface area contributed by atoms with Crippen molar-refractivity contribution in [3.8, 4) is 0 Å². The molecule has 1 fully saturated rings. The molecule has 1 saturated heterocycles. The summed E-state index contributed by atoms with van der Waals surface area (Å²) < 4.78 is 5.30. The summed E-state index contributed by atoms with van der Waals surface area (Å²) in [5.41, 5.74) is 0. The summed E-state index contributed by atoms with van der Waals surface area (Å²) in [6.07, 6.45) is 1.90. The summed E-state index contributed by atoms with van der Waals surface area (Å²) in [4.78, 5) is 27.3. The maximum atomic E-state index is 12.4. The van der Waals surface area contributed by atoms with E-state index in [-0.39, 0.29) is 17.6 Å². The smallest absolute Gasteiger partial charge is 0.371 e. The van der Waals surface area contributed by atoms with Crippen LogP contribution in [0.2, 0.25) is 0 Å². The Bertz CT molecular complexity index is 522. The molecule has 1 aromatic rings. The summed E-state index contributed by atoms with van der Waals surface area (Å²) >= 11 is 0. The van der Waals surface area contributed by atoms with E-state index in [1.807, 2.05) is 18.7 Å². The maximum absolute atomic E-state index is 12.4. The molecule has 0 aromatic carbocycles. The fraction of sp³-hybridized carbons (Fsp3) is 0.625. The van der Waals surface area contributed by atoms with Crippen LogP contribution in [0, 0.1) is 5.92 Å². The van der Waals surface area contributed by atoms with Crippen LogP contribution in [0.4, 0.5) is 0 Å². The third kappa shape index (κ3) is 3.88. The van der Waals surface area contributed by atoms with Crippen LogP contribution in [0.1, 0.15) is 43.0 Å². The van der Waals surface area contributed by atoms with E-state index in [1.54, 1.807) is 6.07 Å². The number of piperidine rings is 1. The van der Waals surface area contributed by atoms with Gasteiger partial charge in [0.25, 0.3) is 0 Å². The molecule has 1 N–H and O–H groups in total. The van der Waals surface area contributed by atoms with Crippen LogP contribution in [0.3, 0.4) is 0 Å². The van der Waals surface area contributed by atoms with Crippen LogP contribution in [0.5, 0.6) is 0 Å². The lowest BCUT2D eigenvalue weighted by Crippen LogP contribution is -2.44. The Morgan fingerprint density at radius 2 is 2.09 bits per heavy atom. The van der Waals surface area contributed by atoms with Crippen LogP contribution in [-0.2, 0) is 11.3 Å². The van der Waals surface area contributed by atoms with Gasteiger partial charge in [-0.2, -0.15) is 0 Å². The topological polar surface area (TPSA) is 74.0 Å². The number of rotatable bonds is 6. The highest BCUT2D eigenvalue weighted by atomic mass is 16.4. The second-order valence-corrected chi connectivity index (χ2v) is 5.66. The number of likely N-dealkylation sites (tertiary alicyclic amines) is 1. The zero-order valence-corrected chi connectivity index (χ0v) is 13.2. The Morgan fingerprint density at radius 1 is 1.36 bits per heavy atom. The summed E-state index contributed by atoms with van der Waals surface area (Å²) in [5, 5.41) is 8.88. The Labute approximate surface area is 130 Å². The van der Waals surface area contributed by atoms with Crippen LogP contribution in [-0.4, -0.2) is 53.0 Å². The molecule has 2 rings (SSSR count). The van der Waals surface area contributed by atoms with Crippen molar-refractivity contribution in [1.29, 1.82) is 0 Å². The van der Waals surface area contributed by atoms with Gasteiger partial charge in [-0.1, -0.05) is 0 Å². The number of amides is 1. The molecule has 6 nitrogen and oxygen atoms in total. The van der Waals surface area contributed by atoms with Gasteiger partial charge in [0.15, 0.2) is 0 Å². The molecule has 0 bridgehead atoms. The molecule has 1 aromatic heterocycles. The second kappa shape index (κ2) is 7.45. The first kappa shape index (κ1) is 16.5. The molecule has 1 aliphatic heterocycles. The third-order valence-electron chi connectivity index (χ3n) is 4.18. The lowest BCUT2D eigenvalue weighted by Gasteiger charge is -2.34. The molecule has 0 spiro atoms. The molecule has 1 aliphatic rings. The van der Waals surface area contributed by atoms with E-state index in [4.69, 9.17) is 9.52 Å². The van der Waals surface area contributed by atoms with Gasteiger partial charge in [0.2, 0.25) is 11.7 Å². The van der Waals surface area contributed by atoms with Gasteiger partial charge in [-0.3, -0.25) is 9.69 Å². The minimum absolute atomic E-state index is 0.0301. The first-order chi connectivity index (χ1) is 10.5. The Kier molecular flexibility index (Phi) is 5.60. The maximum Gasteiger partial charge on any atom is 0.371 e. The zero-order valence-electron chi connectivity index (χ0n) is 13.2. The second-order valence-electron chi connectivity index (χ2n) is 5.66. The van der Waals surface area contributed by atoms with Gasteiger partial charge in [0.05, 0.1) is 12.5 Å². The zero-order chi connectivity index (χ0) is 16.1. The number of carboxylic acids is 1. The van der Waals surface area contributed by atoms with Crippen LogP contribution >= 0.6 is 0 Å². The number of hydrogen-bond donors (Lipinski definition) is 1. The predicted molar refractivity (Wildman–Crippen MR) is 81.6 cm³/mol. The van der Waals surface area contributed by atoms with Crippen LogP contribution in [0.15, 0.2) is 16.5 Å². The number of carbonyl (C=O) groups is 2. The molecule has 122 valence electrons. The minimum atomic E-state index is -1.06. The van der Waals surface area contributed by atoms with Gasteiger partial charge in [-0.15, -0.1) is 0 Å². The fourth-order valence-corrected chi connectivity index (χ4v) is 2.99. The number of aromatic carboxylic acids is 1. The molecule has 1 amide bonds. The van der Waals surface area contributed by atoms with Crippen molar-refractivity contribution in [3.05, 3.63) is 23.7 Å². The fourth-order valence-electron chi connectivity index (χ4n) is 2.99. The summed E-state index contributed by atoms with van der Waals surface area (Å²) in [5.74, 6) is -0.210. The first-order valence-electron chi connectivity index (χ1n) is 7.88. The van der Waals surface area contributed by atoms with Gasteiger partial charge in [-0.25, -0.2) is 4.79 Å².